The average Bonchev–Trinajstić information content (AvgIpc) is 3.63. The van der Waals surface area contributed by atoms with Gasteiger partial charge in [-0.05, 0) is 102 Å². The Balaban J connectivity index is 1.04. The van der Waals surface area contributed by atoms with Gasteiger partial charge in [0.1, 0.15) is 0 Å². The lowest BCUT2D eigenvalue weighted by Crippen LogP contribution is -2.01. The maximum atomic E-state index is 10.5. The van der Waals surface area contributed by atoms with Gasteiger partial charge in [0.15, 0.2) is 17.5 Å². The number of nitriles is 1. The Kier molecular flexibility index (Phi) is 7.84. The van der Waals surface area contributed by atoms with E-state index in [4.69, 9.17) is 15.0 Å². The standard InChI is InChI=1S/C54H32N4/c55-33-41-22-12-26-44(37-18-8-17-36(29-37)42-31-39-20-11-27-47-45-24-6-7-25-46(45)49(32-42)51(39)47)50(41)38-19-9-21-40(30-38)53-56-52(35-14-2-1-3-15-35)57-54(58-53)48-28-10-16-34-13-4-5-23-43(34)48/h1-32H. The van der Waals surface area contributed by atoms with Crippen LogP contribution in [0.2, 0.25) is 0 Å². The van der Waals surface area contributed by atoms with E-state index in [1.54, 1.807) is 0 Å². The van der Waals surface area contributed by atoms with E-state index in [-0.39, 0.29) is 0 Å². The van der Waals surface area contributed by atoms with Crippen LogP contribution in [-0.4, -0.2) is 15.0 Å². The second-order valence-corrected chi connectivity index (χ2v) is 14.7. The van der Waals surface area contributed by atoms with Gasteiger partial charge >= 0.3 is 0 Å². The van der Waals surface area contributed by atoms with Gasteiger partial charge in [-0.25, -0.2) is 15.0 Å². The minimum Gasteiger partial charge on any atom is -0.208 e. The van der Waals surface area contributed by atoms with E-state index < -0.39 is 0 Å². The molecule has 10 aromatic rings. The van der Waals surface area contributed by atoms with Crippen molar-refractivity contribution in [2.45, 2.75) is 0 Å². The van der Waals surface area contributed by atoms with Gasteiger partial charge in [0.25, 0.3) is 0 Å². The molecule has 0 unspecified atom stereocenters. The van der Waals surface area contributed by atoms with Gasteiger partial charge in [-0.15, -0.1) is 0 Å². The van der Waals surface area contributed by atoms with Crippen molar-refractivity contribution in [2.24, 2.45) is 0 Å². The van der Waals surface area contributed by atoms with Crippen molar-refractivity contribution >= 4 is 21.5 Å². The molecule has 9 aromatic carbocycles. The smallest absolute Gasteiger partial charge is 0.164 e. The van der Waals surface area contributed by atoms with Crippen LogP contribution in [0.25, 0.3) is 111 Å². The molecule has 1 aromatic heterocycles. The molecule has 0 saturated heterocycles. The number of aromatic nitrogens is 3. The molecule has 0 bridgehead atoms. The van der Waals surface area contributed by atoms with Crippen molar-refractivity contribution < 1.29 is 0 Å². The minimum absolute atomic E-state index is 0.561. The van der Waals surface area contributed by atoms with E-state index in [0.717, 1.165) is 60.8 Å². The molecule has 58 heavy (non-hydrogen) atoms. The number of fused-ring (bicyclic) bond motifs is 4. The Bertz CT molecular complexity index is 3300. The Morgan fingerprint density at radius 2 is 0.879 bits per heavy atom. The highest BCUT2D eigenvalue weighted by Crippen LogP contribution is 2.49. The van der Waals surface area contributed by atoms with E-state index >= 15 is 0 Å². The summed E-state index contributed by atoms with van der Waals surface area (Å²) in [6.45, 7) is 0. The third kappa shape index (κ3) is 5.57. The van der Waals surface area contributed by atoms with Crippen LogP contribution in [0.5, 0.6) is 0 Å². The van der Waals surface area contributed by atoms with Gasteiger partial charge in [-0.3, -0.25) is 0 Å². The molecular weight excluding hydrogens is 705 g/mol. The van der Waals surface area contributed by atoms with Gasteiger partial charge in [0, 0.05) is 22.3 Å². The van der Waals surface area contributed by atoms with Crippen molar-refractivity contribution in [1.82, 2.24) is 15.0 Å². The number of nitrogens with zero attached hydrogens (tertiary/aromatic N) is 4. The third-order valence-corrected chi connectivity index (χ3v) is 11.3. The minimum atomic E-state index is 0.561. The quantitative estimate of drug-likeness (QED) is 0.170. The molecule has 11 rings (SSSR count). The van der Waals surface area contributed by atoms with Crippen LogP contribution in [0.15, 0.2) is 194 Å². The highest BCUT2D eigenvalue weighted by Gasteiger charge is 2.22. The molecule has 0 spiro atoms. The third-order valence-electron chi connectivity index (χ3n) is 11.3. The predicted molar refractivity (Wildman–Crippen MR) is 237 cm³/mol. The molecule has 4 heteroatoms. The number of hydrogen-bond acceptors (Lipinski definition) is 4. The summed E-state index contributed by atoms with van der Waals surface area (Å²) in [5, 5.41) is 15.3. The van der Waals surface area contributed by atoms with Gasteiger partial charge in [-0.1, -0.05) is 164 Å². The van der Waals surface area contributed by atoms with Gasteiger partial charge in [-0.2, -0.15) is 5.26 Å². The maximum Gasteiger partial charge on any atom is 0.164 e. The summed E-state index contributed by atoms with van der Waals surface area (Å²) < 4.78 is 0. The molecule has 1 heterocycles. The summed E-state index contributed by atoms with van der Waals surface area (Å²) in [7, 11) is 0. The summed E-state index contributed by atoms with van der Waals surface area (Å²) in [6.07, 6.45) is 0. The molecule has 4 nitrogen and oxygen atoms in total. The van der Waals surface area contributed by atoms with Crippen molar-refractivity contribution in [1.29, 1.82) is 5.26 Å². The van der Waals surface area contributed by atoms with E-state index in [0.29, 0.717) is 23.0 Å². The highest BCUT2D eigenvalue weighted by atomic mass is 15.0. The fourth-order valence-corrected chi connectivity index (χ4v) is 8.62. The molecule has 0 saturated carbocycles. The Labute approximate surface area is 336 Å². The highest BCUT2D eigenvalue weighted by molar-refractivity contribution is 6.16. The van der Waals surface area contributed by atoms with Crippen molar-refractivity contribution in [2.75, 3.05) is 0 Å². The summed E-state index contributed by atoms with van der Waals surface area (Å²) in [5.41, 5.74) is 14.5. The zero-order chi connectivity index (χ0) is 38.6. The molecule has 1 aliphatic carbocycles. The normalized spacial score (nSPS) is 11.4. The largest absolute Gasteiger partial charge is 0.208 e. The fraction of sp³-hybridized carbons (Fsp3) is 0. The Morgan fingerprint density at radius 1 is 0.328 bits per heavy atom. The van der Waals surface area contributed by atoms with E-state index in [2.05, 4.69) is 127 Å². The molecule has 268 valence electrons. The second-order valence-electron chi connectivity index (χ2n) is 14.7. The van der Waals surface area contributed by atoms with Crippen LogP contribution >= 0.6 is 0 Å². The molecule has 0 atom stereocenters. The summed E-state index contributed by atoms with van der Waals surface area (Å²) in [6, 6.07) is 69.8. The van der Waals surface area contributed by atoms with E-state index in [1.807, 2.05) is 72.8 Å². The van der Waals surface area contributed by atoms with Gasteiger partial charge in [0.2, 0.25) is 0 Å². The van der Waals surface area contributed by atoms with Crippen LogP contribution in [0.3, 0.4) is 0 Å². The summed E-state index contributed by atoms with van der Waals surface area (Å²) in [5.74, 6) is 1.76. The molecule has 0 N–H and O–H groups in total. The molecule has 0 amide bonds. The van der Waals surface area contributed by atoms with E-state index in [1.165, 1.54) is 33.0 Å². The maximum absolute atomic E-state index is 10.5. The zero-order valence-corrected chi connectivity index (χ0v) is 31.3. The summed E-state index contributed by atoms with van der Waals surface area (Å²) >= 11 is 0. The molecular formula is C54H32N4. The summed E-state index contributed by atoms with van der Waals surface area (Å²) in [4.78, 5) is 15.2. The first kappa shape index (κ1) is 33.3. The van der Waals surface area contributed by atoms with Crippen molar-refractivity contribution in [3.05, 3.63) is 200 Å². The van der Waals surface area contributed by atoms with Crippen LogP contribution in [0, 0.1) is 11.3 Å². The Morgan fingerprint density at radius 3 is 1.72 bits per heavy atom. The molecule has 1 aliphatic rings. The van der Waals surface area contributed by atoms with Gasteiger partial charge in [0.05, 0.1) is 11.6 Å². The number of benzene rings is 9. The van der Waals surface area contributed by atoms with Gasteiger partial charge < -0.3 is 0 Å². The zero-order valence-electron chi connectivity index (χ0n) is 31.3. The first-order chi connectivity index (χ1) is 28.7. The van der Waals surface area contributed by atoms with Crippen LogP contribution in [0.4, 0.5) is 0 Å². The van der Waals surface area contributed by atoms with Crippen molar-refractivity contribution in [3.8, 4) is 95.9 Å². The molecule has 0 fully saturated rings. The van der Waals surface area contributed by atoms with E-state index in [9.17, 15) is 5.26 Å². The number of hydrogen-bond donors (Lipinski definition) is 0. The second kappa shape index (κ2) is 13.6. The lowest BCUT2D eigenvalue weighted by Gasteiger charge is -2.15. The predicted octanol–water partition coefficient (Wildman–Crippen LogP) is 13.7. The number of rotatable bonds is 6. The first-order valence-corrected chi connectivity index (χ1v) is 19.4. The van der Waals surface area contributed by atoms with Crippen LogP contribution < -0.4 is 0 Å². The Hall–Kier alpha value is -8.00. The molecule has 0 aliphatic heterocycles. The lowest BCUT2D eigenvalue weighted by atomic mass is 9.88. The topological polar surface area (TPSA) is 62.5 Å². The van der Waals surface area contributed by atoms with Crippen LogP contribution in [0.1, 0.15) is 5.56 Å². The monoisotopic (exact) mass is 736 g/mol. The molecule has 0 radical (unpaired) electrons. The van der Waals surface area contributed by atoms with Crippen LogP contribution in [-0.2, 0) is 0 Å². The SMILES string of the molecule is N#Cc1cccc(-c2cccc(-c3cc4c5c(cccc5c3)-c3ccccc3-4)c2)c1-c1cccc(-c2nc(-c3ccccc3)nc(-c3cccc4ccccc34)n2)c1. The fourth-order valence-electron chi connectivity index (χ4n) is 8.62. The average molecular weight is 737 g/mol. The first-order valence-electron chi connectivity index (χ1n) is 19.4. The van der Waals surface area contributed by atoms with Crippen molar-refractivity contribution in [3.63, 3.8) is 0 Å². The lowest BCUT2D eigenvalue weighted by molar-refractivity contribution is 1.08.